The average molecular weight is 274 g/mol. The molecule has 20 heavy (non-hydrogen) atoms. The second kappa shape index (κ2) is 5.21. The van der Waals surface area contributed by atoms with Gasteiger partial charge in [-0.25, -0.2) is 0 Å². The molecule has 3 nitrogen and oxygen atoms in total. The Balaban J connectivity index is 2.37. The third kappa shape index (κ3) is 2.05. The molecule has 110 valence electrons. The van der Waals surface area contributed by atoms with Crippen LogP contribution >= 0.6 is 0 Å². The van der Waals surface area contributed by atoms with Crippen molar-refractivity contribution in [1.29, 1.82) is 0 Å². The minimum atomic E-state index is -0.389. The van der Waals surface area contributed by atoms with E-state index in [4.69, 9.17) is 0 Å². The summed E-state index contributed by atoms with van der Waals surface area (Å²) in [5, 5.41) is 0. The standard InChI is InChI=1S/C17H26N2O/c1-6-16(3)15(20)19(17(4,7-2)18(16)5)13-14-11-9-8-10-12-14/h8-12H,6-7,13H2,1-5H3. The van der Waals surface area contributed by atoms with Crippen molar-refractivity contribution < 1.29 is 4.79 Å². The Bertz CT molecular complexity index is 487. The Morgan fingerprint density at radius 1 is 1.05 bits per heavy atom. The highest BCUT2D eigenvalue weighted by atomic mass is 16.2. The maximum Gasteiger partial charge on any atom is 0.244 e. The fraction of sp³-hybridized carbons (Fsp3) is 0.588. The van der Waals surface area contributed by atoms with Gasteiger partial charge in [-0.3, -0.25) is 9.69 Å². The van der Waals surface area contributed by atoms with Gasteiger partial charge in [0, 0.05) is 6.54 Å². The van der Waals surface area contributed by atoms with Crippen molar-refractivity contribution in [2.24, 2.45) is 0 Å². The summed E-state index contributed by atoms with van der Waals surface area (Å²) < 4.78 is 0. The highest BCUT2D eigenvalue weighted by molar-refractivity contribution is 5.89. The van der Waals surface area contributed by atoms with Crippen LogP contribution in [0.2, 0.25) is 0 Å². The number of likely N-dealkylation sites (N-methyl/N-ethyl adjacent to an activating group) is 1. The van der Waals surface area contributed by atoms with E-state index >= 15 is 0 Å². The third-order valence-corrected chi connectivity index (χ3v) is 5.29. The van der Waals surface area contributed by atoms with Gasteiger partial charge in [-0.2, -0.15) is 0 Å². The molecule has 2 unspecified atom stereocenters. The summed E-state index contributed by atoms with van der Waals surface area (Å²) in [5.41, 5.74) is 0.589. The van der Waals surface area contributed by atoms with Crippen LogP contribution in [0, 0.1) is 0 Å². The largest absolute Gasteiger partial charge is 0.319 e. The van der Waals surface area contributed by atoms with Gasteiger partial charge in [0.05, 0.1) is 11.2 Å². The lowest BCUT2D eigenvalue weighted by atomic mass is 9.96. The maximum absolute atomic E-state index is 12.9. The topological polar surface area (TPSA) is 23.6 Å². The molecule has 0 N–H and O–H groups in total. The molecule has 1 fully saturated rings. The predicted molar refractivity (Wildman–Crippen MR) is 82.1 cm³/mol. The number of carbonyl (C=O) groups is 1. The van der Waals surface area contributed by atoms with Crippen molar-refractivity contribution in [3.05, 3.63) is 35.9 Å². The Morgan fingerprint density at radius 2 is 1.65 bits per heavy atom. The molecule has 2 atom stereocenters. The zero-order valence-electron chi connectivity index (χ0n) is 13.3. The van der Waals surface area contributed by atoms with E-state index in [0.717, 1.165) is 12.8 Å². The van der Waals surface area contributed by atoms with Crippen LogP contribution in [-0.4, -0.2) is 34.0 Å². The lowest BCUT2D eigenvalue weighted by molar-refractivity contribution is -0.135. The molecule has 0 aromatic heterocycles. The molecule has 1 heterocycles. The van der Waals surface area contributed by atoms with Crippen molar-refractivity contribution in [2.75, 3.05) is 7.05 Å². The molecular formula is C17H26N2O. The van der Waals surface area contributed by atoms with Crippen LogP contribution in [0.1, 0.15) is 46.1 Å². The van der Waals surface area contributed by atoms with Crippen molar-refractivity contribution in [2.45, 2.75) is 58.3 Å². The molecule has 1 aliphatic heterocycles. The summed E-state index contributed by atoms with van der Waals surface area (Å²) in [4.78, 5) is 17.2. The van der Waals surface area contributed by atoms with Gasteiger partial charge >= 0.3 is 0 Å². The number of carbonyl (C=O) groups excluding carboxylic acids is 1. The lowest BCUT2D eigenvalue weighted by Gasteiger charge is -2.41. The van der Waals surface area contributed by atoms with E-state index in [1.807, 2.05) is 23.1 Å². The zero-order valence-corrected chi connectivity index (χ0v) is 13.3. The minimum absolute atomic E-state index is 0.211. The summed E-state index contributed by atoms with van der Waals surface area (Å²) in [6.45, 7) is 9.17. The average Bonchev–Trinajstić information content (AvgIpc) is 2.62. The Hall–Kier alpha value is -1.35. The van der Waals surface area contributed by atoms with Crippen LogP contribution in [0.5, 0.6) is 0 Å². The summed E-state index contributed by atoms with van der Waals surface area (Å²) in [6, 6.07) is 10.2. The van der Waals surface area contributed by atoms with Gasteiger partial charge in [-0.05, 0) is 39.3 Å². The van der Waals surface area contributed by atoms with E-state index in [2.05, 4.69) is 51.8 Å². The molecule has 1 aliphatic rings. The molecule has 0 saturated carbocycles. The van der Waals surface area contributed by atoms with E-state index in [-0.39, 0.29) is 17.1 Å². The molecule has 2 rings (SSSR count). The van der Waals surface area contributed by atoms with E-state index in [9.17, 15) is 4.79 Å². The first-order valence-corrected chi connectivity index (χ1v) is 7.50. The van der Waals surface area contributed by atoms with Crippen molar-refractivity contribution in [1.82, 2.24) is 9.80 Å². The molecule has 0 radical (unpaired) electrons. The van der Waals surface area contributed by atoms with Crippen LogP contribution in [0.4, 0.5) is 0 Å². The monoisotopic (exact) mass is 274 g/mol. The van der Waals surface area contributed by atoms with Gasteiger partial charge in [-0.15, -0.1) is 0 Å². The fourth-order valence-corrected chi connectivity index (χ4v) is 3.19. The van der Waals surface area contributed by atoms with E-state index in [1.54, 1.807) is 0 Å². The molecule has 1 aromatic carbocycles. The number of rotatable bonds is 4. The number of hydrogen-bond donors (Lipinski definition) is 0. The van der Waals surface area contributed by atoms with Gasteiger partial charge in [0.25, 0.3) is 0 Å². The SMILES string of the molecule is CCC1(C)C(=O)N(Cc2ccccc2)C(C)(CC)N1C. The maximum atomic E-state index is 12.9. The van der Waals surface area contributed by atoms with Gasteiger partial charge < -0.3 is 4.90 Å². The molecule has 1 saturated heterocycles. The van der Waals surface area contributed by atoms with Gasteiger partial charge in [0.15, 0.2) is 0 Å². The Kier molecular flexibility index (Phi) is 3.92. The van der Waals surface area contributed by atoms with Crippen molar-refractivity contribution in [3.8, 4) is 0 Å². The second-order valence-electron chi connectivity index (χ2n) is 6.13. The summed E-state index contributed by atoms with van der Waals surface area (Å²) in [5.74, 6) is 0.246. The smallest absolute Gasteiger partial charge is 0.244 e. The molecule has 1 amide bonds. The van der Waals surface area contributed by atoms with Crippen LogP contribution in [-0.2, 0) is 11.3 Å². The normalized spacial score (nSPS) is 31.1. The number of hydrogen-bond acceptors (Lipinski definition) is 2. The van der Waals surface area contributed by atoms with Crippen molar-refractivity contribution >= 4 is 5.91 Å². The molecule has 3 heteroatoms. The quantitative estimate of drug-likeness (QED) is 0.841. The van der Waals surface area contributed by atoms with Crippen LogP contribution in [0.3, 0.4) is 0 Å². The summed E-state index contributed by atoms with van der Waals surface area (Å²) in [6.07, 6.45) is 1.76. The molecule has 0 spiro atoms. The van der Waals surface area contributed by atoms with E-state index in [0.29, 0.717) is 6.54 Å². The van der Waals surface area contributed by atoms with Crippen molar-refractivity contribution in [3.63, 3.8) is 0 Å². The summed E-state index contributed by atoms with van der Waals surface area (Å²) in [7, 11) is 2.08. The predicted octanol–water partition coefficient (Wildman–Crippen LogP) is 3.26. The third-order valence-electron chi connectivity index (χ3n) is 5.29. The summed E-state index contributed by atoms with van der Waals surface area (Å²) >= 11 is 0. The zero-order chi connectivity index (χ0) is 15.0. The highest BCUT2D eigenvalue weighted by Gasteiger charge is 2.57. The van der Waals surface area contributed by atoms with E-state index in [1.165, 1.54) is 5.56 Å². The molecule has 0 aliphatic carbocycles. The Labute approximate surface area is 122 Å². The first kappa shape index (κ1) is 15.0. The van der Waals surface area contributed by atoms with Crippen LogP contribution < -0.4 is 0 Å². The van der Waals surface area contributed by atoms with Gasteiger partial charge in [0.1, 0.15) is 0 Å². The van der Waals surface area contributed by atoms with Crippen LogP contribution in [0.15, 0.2) is 30.3 Å². The number of benzene rings is 1. The fourth-order valence-electron chi connectivity index (χ4n) is 3.19. The Morgan fingerprint density at radius 3 is 2.15 bits per heavy atom. The minimum Gasteiger partial charge on any atom is -0.319 e. The van der Waals surface area contributed by atoms with E-state index < -0.39 is 0 Å². The highest BCUT2D eigenvalue weighted by Crippen LogP contribution is 2.41. The lowest BCUT2D eigenvalue weighted by Crippen LogP contribution is -2.52. The van der Waals surface area contributed by atoms with Gasteiger partial charge in [-0.1, -0.05) is 44.2 Å². The van der Waals surface area contributed by atoms with Crippen LogP contribution in [0.25, 0.3) is 0 Å². The molecule has 0 bridgehead atoms. The van der Waals surface area contributed by atoms with Gasteiger partial charge in [0.2, 0.25) is 5.91 Å². The number of nitrogens with zero attached hydrogens (tertiary/aromatic N) is 2. The second-order valence-corrected chi connectivity index (χ2v) is 6.13. The first-order valence-electron chi connectivity index (χ1n) is 7.50. The number of amides is 1. The first-order chi connectivity index (χ1) is 9.40. The molecule has 1 aromatic rings. The molecular weight excluding hydrogens is 248 g/mol.